The van der Waals surface area contributed by atoms with Crippen molar-refractivity contribution < 1.29 is 14.1 Å². The number of anilines is 1. The molecule has 0 saturated carbocycles. The molecule has 0 aliphatic carbocycles. The molecule has 0 aliphatic heterocycles. The number of thiophene rings is 1. The Balaban J connectivity index is 1.54. The first-order chi connectivity index (χ1) is 12.5. The first-order valence-corrected chi connectivity index (χ1v) is 9.07. The molecule has 0 bridgehead atoms. The molecule has 0 atom stereocenters. The Kier molecular flexibility index (Phi) is 5.48. The van der Waals surface area contributed by atoms with Gasteiger partial charge in [0.2, 0.25) is 11.8 Å². The second-order valence-electron chi connectivity index (χ2n) is 5.77. The molecular weight excluding hydrogens is 350 g/mol. The maximum absolute atomic E-state index is 12.0. The fourth-order valence-corrected chi connectivity index (χ4v) is 3.15. The highest BCUT2D eigenvalue weighted by Crippen LogP contribution is 2.22. The van der Waals surface area contributed by atoms with Gasteiger partial charge in [-0.2, -0.15) is 0 Å². The van der Waals surface area contributed by atoms with E-state index in [0.717, 1.165) is 16.9 Å². The van der Waals surface area contributed by atoms with E-state index in [2.05, 4.69) is 22.7 Å². The van der Waals surface area contributed by atoms with Crippen molar-refractivity contribution in [2.45, 2.75) is 20.3 Å². The monoisotopic (exact) mass is 369 g/mol. The largest absolute Gasteiger partial charge is 0.342 e. The van der Waals surface area contributed by atoms with Crippen molar-refractivity contribution in [1.82, 2.24) is 10.5 Å². The molecule has 26 heavy (non-hydrogen) atoms. The van der Waals surface area contributed by atoms with Crippen LogP contribution in [0.15, 0.2) is 47.0 Å². The Morgan fingerprint density at radius 1 is 1.15 bits per heavy atom. The minimum Gasteiger partial charge on any atom is -0.342 e. The van der Waals surface area contributed by atoms with E-state index in [1.165, 1.54) is 16.9 Å². The third-order valence-corrected chi connectivity index (χ3v) is 4.80. The lowest BCUT2D eigenvalue weighted by Crippen LogP contribution is -2.32. The number of aryl methyl sites for hydroxylation is 2. The van der Waals surface area contributed by atoms with Crippen LogP contribution >= 0.6 is 11.3 Å². The Morgan fingerprint density at radius 3 is 2.58 bits per heavy atom. The van der Waals surface area contributed by atoms with Gasteiger partial charge in [-0.05, 0) is 31.0 Å². The van der Waals surface area contributed by atoms with Gasteiger partial charge in [-0.1, -0.05) is 36.3 Å². The molecule has 2 aromatic heterocycles. The summed E-state index contributed by atoms with van der Waals surface area (Å²) < 4.78 is 5.15. The van der Waals surface area contributed by atoms with Crippen LogP contribution in [0.4, 0.5) is 5.88 Å². The van der Waals surface area contributed by atoms with Gasteiger partial charge < -0.3 is 9.84 Å². The number of aromatic nitrogens is 1. The Morgan fingerprint density at radius 2 is 1.92 bits per heavy atom. The zero-order valence-corrected chi connectivity index (χ0v) is 15.4. The number of nitrogens with one attached hydrogen (secondary N) is 2. The van der Waals surface area contributed by atoms with Gasteiger partial charge in [0.15, 0.2) is 0 Å². The number of rotatable bonds is 6. The molecule has 0 fully saturated rings. The molecule has 134 valence electrons. The summed E-state index contributed by atoms with van der Waals surface area (Å²) in [6, 6.07) is 13.2. The highest BCUT2D eigenvalue weighted by molar-refractivity contribution is 7.13. The smallest absolute Gasteiger partial charge is 0.261 e. The van der Waals surface area contributed by atoms with Crippen LogP contribution < -0.4 is 10.6 Å². The summed E-state index contributed by atoms with van der Waals surface area (Å²) in [6.45, 7) is 3.87. The van der Waals surface area contributed by atoms with Gasteiger partial charge in [0.1, 0.15) is 5.69 Å². The van der Waals surface area contributed by atoms with Gasteiger partial charge in [-0.15, -0.1) is 11.3 Å². The fraction of sp³-hybridized carbons (Fsp3) is 0.211. The molecule has 1 aromatic carbocycles. The Hall–Kier alpha value is -2.93. The van der Waals surface area contributed by atoms with Crippen molar-refractivity contribution in [2.24, 2.45) is 0 Å². The van der Waals surface area contributed by atoms with Crippen LogP contribution in [0.25, 0.3) is 11.3 Å². The van der Waals surface area contributed by atoms with Gasteiger partial charge in [-0.25, -0.2) is 0 Å². The summed E-state index contributed by atoms with van der Waals surface area (Å²) in [7, 11) is 0. The van der Waals surface area contributed by atoms with Crippen LogP contribution in [0.5, 0.6) is 0 Å². The highest BCUT2D eigenvalue weighted by atomic mass is 32.1. The topological polar surface area (TPSA) is 84.2 Å². The fourth-order valence-electron chi connectivity index (χ4n) is 2.37. The van der Waals surface area contributed by atoms with E-state index in [-0.39, 0.29) is 24.2 Å². The third-order valence-electron chi connectivity index (χ3n) is 3.80. The molecule has 6 nitrogen and oxygen atoms in total. The summed E-state index contributed by atoms with van der Waals surface area (Å²) in [6.07, 6.45) is 0.969. The van der Waals surface area contributed by atoms with Crippen LogP contribution in [-0.4, -0.2) is 23.5 Å². The molecule has 0 unspecified atom stereocenters. The van der Waals surface area contributed by atoms with Crippen molar-refractivity contribution in [1.29, 1.82) is 0 Å². The van der Waals surface area contributed by atoms with E-state index in [1.54, 1.807) is 12.1 Å². The van der Waals surface area contributed by atoms with Crippen molar-refractivity contribution in [2.75, 3.05) is 11.9 Å². The maximum Gasteiger partial charge on any atom is 0.261 e. The first kappa shape index (κ1) is 17.9. The molecule has 0 saturated heterocycles. The maximum atomic E-state index is 12.0. The summed E-state index contributed by atoms with van der Waals surface area (Å²) in [5.41, 5.74) is 2.79. The molecule has 0 aliphatic rings. The summed E-state index contributed by atoms with van der Waals surface area (Å²) >= 11 is 1.38. The van der Waals surface area contributed by atoms with Crippen LogP contribution in [0.2, 0.25) is 0 Å². The predicted octanol–water partition coefficient (Wildman–Crippen LogP) is 3.64. The van der Waals surface area contributed by atoms with E-state index < -0.39 is 0 Å². The van der Waals surface area contributed by atoms with Gasteiger partial charge in [0, 0.05) is 16.5 Å². The van der Waals surface area contributed by atoms with Crippen molar-refractivity contribution in [3.63, 3.8) is 0 Å². The molecule has 2 amide bonds. The van der Waals surface area contributed by atoms with E-state index in [1.807, 2.05) is 37.3 Å². The van der Waals surface area contributed by atoms with Gasteiger partial charge in [0.25, 0.3) is 5.91 Å². The molecule has 2 N–H and O–H groups in total. The SMILES string of the molecule is CCc1ccc(-c2cc(NC(=O)CNC(=O)c3ccc(C)s3)on2)cc1. The second kappa shape index (κ2) is 7.97. The lowest BCUT2D eigenvalue weighted by Gasteiger charge is -2.03. The molecule has 7 heteroatoms. The minimum absolute atomic E-state index is 0.142. The van der Waals surface area contributed by atoms with Crippen LogP contribution in [-0.2, 0) is 11.2 Å². The quantitative estimate of drug-likeness (QED) is 0.695. The number of carbonyl (C=O) groups excluding carboxylic acids is 2. The van der Waals surface area contributed by atoms with E-state index in [4.69, 9.17) is 4.52 Å². The zero-order valence-electron chi connectivity index (χ0n) is 14.5. The molecule has 2 heterocycles. The van der Waals surface area contributed by atoms with Crippen LogP contribution in [0.1, 0.15) is 27.0 Å². The Labute approximate surface area is 155 Å². The predicted molar refractivity (Wildman–Crippen MR) is 101 cm³/mol. The third kappa shape index (κ3) is 4.37. The van der Waals surface area contributed by atoms with Crippen LogP contribution in [0, 0.1) is 6.92 Å². The molecule has 0 radical (unpaired) electrons. The molecular formula is C19H19N3O3S. The van der Waals surface area contributed by atoms with Gasteiger partial charge in [0.05, 0.1) is 11.4 Å². The van der Waals surface area contributed by atoms with Crippen molar-refractivity contribution >= 4 is 29.0 Å². The van der Waals surface area contributed by atoms with E-state index in [0.29, 0.717) is 10.6 Å². The second-order valence-corrected chi connectivity index (χ2v) is 7.06. The number of hydrogen-bond donors (Lipinski definition) is 2. The van der Waals surface area contributed by atoms with Gasteiger partial charge in [-0.3, -0.25) is 14.9 Å². The number of amides is 2. The minimum atomic E-state index is -0.379. The lowest BCUT2D eigenvalue weighted by atomic mass is 10.1. The van der Waals surface area contributed by atoms with Crippen molar-refractivity contribution in [3.8, 4) is 11.3 Å². The summed E-state index contributed by atoms with van der Waals surface area (Å²) in [4.78, 5) is 25.5. The number of hydrogen-bond acceptors (Lipinski definition) is 5. The van der Waals surface area contributed by atoms with Crippen LogP contribution in [0.3, 0.4) is 0 Å². The highest BCUT2D eigenvalue weighted by Gasteiger charge is 2.12. The van der Waals surface area contributed by atoms with Gasteiger partial charge >= 0.3 is 0 Å². The van der Waals surface area contributed by atoms with E-state index >= 15 is 0 Å². The summed E-state index contributed by atoms with van der Waals surface area (Å²) in [5.74, 6) is -0.408. The number of carbonyl (C=O) groups is 2. The Bertz CT molecular complexity index is 912. The summed E-state index contributed by atoms with van der Waals surface area (Å²) in [5, 5.41) is 9.13. The van der Waals surface area contributed by atoms with E-state index in [9.17, 15) is 9.59 Å². The standard InChI is InChI=1S/C19H19N3O3S/c1-3-13-5-7-14(8-6-13)15-10-18(25-22-15)21-17(23)11-20-19(24)16-9-4-12(2)26-16/h4-10H,3,11H2,1-2H3,(H,20,24)(H,21,23). The average Bonchev–Trinajstić information content (AvgIpc) is 3.29. The molecule has 0 spiro atoms. The molecule has 3 rings (SSSR count). The zero-order chi connectivity index (χ0) is 18.5. The van der Waals surface area contributed by atoms with Crippen molar-refractivity contribution in [3.05, 3.63) is 57.8 Å². The lowest BCUT2D eigenvalue weighted by molar-refractivity contribution is -0.115. The normalized spacial score (nSPS) is 10.5. The molecule has 3 aromatic rings. The number of nitrogens with zero attached hydrogens (tertiary/aromatic N) is 1. The average molecular weight is 369 g/mol. The number of benzene rings is 1. The first-order valence-electron chi connectivity index (χ1n) is 8.25.